The number of rotatable bonds is 3. The van der Waals surface area contributed by atoms with Gasteiger partial charge in [-0.25, -0.2) is 9.37 Å². The number of hydrogen-bond acceptors (Lipinski definition) is 2. The van der Waals surface area contributed by atoms with Crippen LogP contribution in [-0.2, 0) is 6.54 Å². The molecule has 1 aromatic heterocycles. The minimum atomic E-state index is -0.247. The fraction of sp³-hybridized carbons (Fsp3) is 0.333. The summed E-state index contributed by atoms with van der Waals surface area (Å²) < 4.78 is 15.6. The van der Waals surface area contributed by atoms with Gasteiger partial charge in [0, 0.05) is 29.0 Å². The molecular formula is C27H27FN2O. The van der Waals surface area contributed by atoms with Gasteiger partial charge in [0.25, 0.3) is 0 Å². The monoisotopic (exact) mass is 414 g/mol. The first kappa shape index (κ1) is 19.9. The summed E-state index contributed by atoms with van der Waals surface area (Å²) >= 11 is 0. The average Bonchev–Trinajstić information content (AvgIpc) is 3.13. The van der Waals surface area contributed by atoms with Crippen LogP contribution in [0.5, 0.6) is 0 Å². The highest BCUT2D eigenvalue weighted by atomic mass is 19.1. The molecule has 2 aliphatic rings. The minimum absolute atomic E-state index is 0.0443. The number of ketones is 1. The van der Waals surface area contributed by atoms with Gasteiger partial charge < -0.3 is 4.57 Å². The number of benzene rings is 2. The van der Waals surface area contributed by atoms with Crippen molar-refractivity contribution in [1.82, 2.24) is 9.55 Å². The van der Waals surface area contributed by atoms with E-state index in [1.54, 1.807) is 12.1 Å². The lowest BCUT2D eigenvalue weighted by Crippen LogP contribution is -2.43. The average molecular weight is 415 g/mol. The molecule has 5 rings (SSSR count). The molecule has 158 valence electrons. The third-order valence-corrected chi connectivity index (χ3v) is 7.29. The van der Waals surface area contributed by atoms with Gasteiger partial charge in [0.2, 0.25) is 0 Å². The smallest absolute Gasteiger partial charge is 0.167 e. The Bertz CT molecular complexity index is 1180. The Morgan fingerprint density at radius 2 is 1.84 bits per heavy atom. The van der Waals surface area contributed by atoms with Crippen molar-refractivity contribution in [2.24, 2.45) is 11.3 Å². The highest BCUT2D eigenvalue weighted by Crippen LogP contribution is 2.51. The van der Waals surface area contributed by atoms with Crippen molar-refractivity contribution in [1.29, 1.82) is 0 Å². The molecule has 2 aromatic carbocycles. The predicted octanol–water partition coefficient (Wildman–Crippen LogP) is 6.39. The van der Waals surface area contributed by atoms with Crippen molar-refractivity contribution in [3.63, 3.8) is 0 Å². The molecule has 0 unspecified atom stereocenters. The molecule has 1 saturated carbocycles. The largest absolute Gasteiger partial charge is 0.330 e. The van der Waals surface area contributed by atoms with Gasteiger partial charge in [-0.1, -0.05) is 30.7 Å². The Hall–Kier alpha value is -3.01. The standard InChI is InChI=1S/C27H27FN2O/c1-17-6-4-7-18(2)24(17)26(31)22-9-5-8-20-14-23-25(19-10-12-21(28)13-11-19)29-16-30(23)15-27(20,22)3/h4,6-7,10-14,16,22H,5,8-9,15H2,1-3H3/t22-,27+/m1/s1. The highest BCUT2D eigenvalue weighted by molar-refractivity contribution is 6.01. The maximum Gasteiger partial charge on any atom is 0.167 e. The molecule has 2 atom stereocenters. The Morgan fingerprint density at radius 3 is 2.55 bits per heavy atom. The molecule has 1 aliphatic carbocycles. The van der Waals surface area contributed by atoms with Gasteiger partial charge >= 0.3 is 0 Å². The number of halogens is 1. The lowest BCUT2D eigenvalue weighted by Gasteiger charge is -2.45. The second kappa shape index (κ2) is 7.30. The second-order valence-electron chi connectivity index (χ2n) is 9.28. The fourth-order valence-corrected chi connectivity index (χ4v) is 5.59. The topological polar surface area (TPSA) is 34.9 Å². The second-order valence-corrected chi connectivity index (χ2v) is 9.28. The number of fused-ring (bicyclic) bond motifs is 2. The summed E-state index contributed by atoms with van der Waals surface area (Å²) in [6.45, 7) is 7.05. The van der Waals surface area contributed by atoms with Crippen LogP contribution in [0.2, 0.25) is 0 Å². The Kier molecular flexibility index (Phi) is 4.69. The predicted molar refractivity (Wildman–Crippen MR) is 121 cm³/mol. The summed E-state index contributed by atoms with van der Waals surface area (Å²) in [4.78, 5) is 18.4. The number of Topliss-reactive ketones (excluding diaryl/α,β-unsaturated/α-hetero) is 1. The van der Waals surface area contributed by atoms with E-state index in [1.807, 2.05) is 38.4 Å². The van der Waals surface area contributed by atoms with Crippen LogP contribution in [0.3, 0.4) is 0 Å². The number of carbonyl (C=O) groups is 1. The molecule has 1 fully saturated rings. The van der Waals surface area contributed by atoms with Crippen molar-refractivity contribution in [3.8, 4) is 11.3 Å². The van der Waals surface area contributed by atoms with Crippen molar-refractivity contribution in [2.45, 2.75) is 46.6 Å². The van der Waals surface area contributed by atoms with E-state index in [9.17, 15) is 9.18 Å². The molecule has 4 heteroatoms. The van der Waals surface area contributed by atoms with E-state index in [-0.39, 0.29) is 22.9 Å². The van der Waals surface area contributed by atoms with Crippen LogP contribution in [0, 0.1) is 31.0 Å². The first-order chi connectivity index (χ1) is 14.9. The lowest BCUT2D eigenvalue weighted by molar-refractivity contribution is 0.0726. The molecule has 0 bridgehead atoms. The lowest BCUT2D eigenvalue weighted by atomic mass is 9.60. The zero-order chi connectivity index (χ0) is 21.8. The van der Waals surface area contributed by atoms with E-state index in [0.29, 0.717) is 0 Å². The molecule has 3 aromatic rings. The van der Waals surface area contributed by atoms with Crippen LogP contribution in [0.1, 0.15) is 53.4 Å². The van der Waals surface area contributed by atoms with Crippen LogP contribution < -0.4 is 0 Å². The van der Waals surface area contributed by atoms with Gasteiger partial charge in [-0.05, 0) is 74.6 Å². The van der Waals surface area contributed by atoms with E-state index < -0.39 is 0 Å². The fourth-order valence-electron chi connectivity index (χ4n) is 5.59. The normalized spacial score (nSPS) is 22.5. The number of imidazole rings is 1. The molecule has 0 spiro atoms. The van der Waals surface area contributed by atoms with Crippen molar-refractivity contribution in [3.05, 3.63) is 82.6 Å². The summed E-state index contributed by atoms with van der Waals surface area (Å²) in [6, 6.07) is 12.6. The van der Waals surface area contributed by atoms with E-state index in [4.69, 9.17) is 0 Å². The first-order valence-electron chi connectivity index (χ1n) is 11.0. The van der Waals surface area contributed by atoms with E-state index in [2.05, 4.69) is 22.6 Å². The number of carbonyl (C=O) groups excluding carboxylic acids is 1. The highest BCUT2D eigenvalue weighted by Gasteiger charge is 2.47. The summed E-state index contributed by atoms with van der Waals surface area (Å²) in [5, 5.41) is 0. The van der Waals surface area contributed by atoms with Gasteiger partial charge in [-0.15, -0.1) is 0 Å². The number of aryl methyl sites for hydroxylation is 2. The summed E-state index contributed by atoms with van der Waals surface area (Å²) in [5.41, 5.74) is 6.95. The van der Waals surface area contributed by atoms with E-state index in [0.717, 1.165) is 59.4 Å². The van der Waals surface area contributed by atoms with Gasteiger partial charge in [-0.2, -0.15) is 0 Å². The molecule has 0 saturated heterocycles. The van der Waals surface area contributed by atoms with Gasteiger partial charge in [0.15, 0.2) is 5.78 Å². The first-order valence-corrected chi connectivity index (χ1v) is 11.0. The molecule has 3 nitrogen and oxygen atoms in total. The summed E-state index contributed by atoms with van der Waals surface area (Å²) in [7, 11) is 0. The molecule has 31 heavy (non-hydrogen) atoms. The number of allylic oxidation sites excluding steroid dienone is 1. The molecule has 0 radical (unpaired) electrons. The van der Waals surface area contributed by atoms with E-state index >= 15 is 0 Å². The SMILES string of the molecule is Cc1cccc(C)c1C(=O)[C@H]1CCCC2=Cc3c(-c4ccc(F)cc4)ncn3C[C@@]21C. The van der Waals surface area contributed by atoms with Crippen LogP contribution >= 0.6 is 0 Å². The third kappa shape index (κ3) is 3.16. The summed E-state index contributed by atoms with van der Waals surface area (Å²) in [5.74, 6) is -0.0222. The maximum atomic E-state index is 13.8. The zero-order valence-electron chi connectivity index (χ0n) is 18.3. The summed E-state index contributed by atoms with van der Waals surface area (Å²) in [6.07, 6.45) is 7.03. The van der Waals surface area contributed by atoms with Gasteiger partial charge in [0.1, 0.15) is 5.82 Å². The Morgan fingerprint density at radius 1 is 1.13 bits per heavy atom. The number of hydrogen-bond donors (Lipinski definition) is 0. The zero-order valence-corrected chi connectivity index (χ0v) is 18.3. The van der Waals surface area contributed by atoms with Crippen LogP contribution in [0.15, 0.2) is 54.4 Å². The van der Waals surface area contributed by atoms with Crippen LogP contribution in [-0.4, -0.2) is 15.3 Å². The van der Waals surface area contributed by atoms with Crippen LogP contribution in [0.25, 0.3) is 17.3 Å². The quantitative estimate of drug-likeness (QED) is 0.465. The van der Waals surface area contributed by atoms with Crippen molar-refractivity contribution >= 4 is 11.9 Å². The molecule has 0 amide bonds. The molecular weight excluding hydrogens is 387 g/mol. The van der Waals surface area contributed by atoms with Gasteiger partial charge in [0.05, 0.1) is 17.7 Å². The number of aromatic nitrogens is 2. The third-order valence-electron chi connectivity index (χ3n) is 7.29. The Labute approximate surface area is 182 Å². The molecule has 0 N–H and O–H groups in total. The molecule has 1 aliphatic heterocycles. The molecule has 2 heterocycles. The minimum Gasteiger partial charge on any atom is -0.330 e. The van der Waals surface area contributed by atoms with E-state index in [1.165, 1.54) is 17.7 Å². The number of nitrogens with zero attached hydrogens (tertiary/aromatic N) is 2. The van der Waals surface area contributed by atoms with Crippen LogP contribution in [0.4, 0.5) is 4.39 Å². The van der Waals surface area contributed by atoms with Gasteiger partial charge in [-0.3, -0.25) is 4.79 Å². The van der Waals surface area contributed by atoms with Crippen molar-refractivity contribution in [2.75, 3.05) is 0 Å². The Balaban J connectivity index is 1.55. The maximum absolute atomic E-state index is 13.8. The van der Waals surface area contributed by atoms with Crippen molar-refractivity contribution < 1.29 is 9.18 Å².